The van der Waals surface area contributed by atoms with E-state index in [0.717, 1.165) is 37.3 Å². The Morgan fingerprint density at radius 1 is 1.25 bits per heavy atom. The summed E-state index contributed by atoms with van der Waals surface area (Å²) in [5.74, 6) is 1.21. The van der Waals surface area contributed by atoms with Gasteiger partial charge in [-0.15, -0.1) is 0 Å². The maximum atomic E-state index is 12.8. The number of likely N-dealkylation sites (tertiary alicyclic amines) is 1. The molecule has 5 nitrogen and oxygen atoms in total. The summed E-state index contributed by atoms with van der Waals surface area (Å²) >= 11 is 0. The molecule has 0 radical (unpaired) electrons. The van der Waals surface area contributed by atoms with Crippen molar-refractivity contribution in [1.29, 1.82) is 0 Å². The summed E-state index contributed by atoms with van der Waals surface area (Å²) in [5.41, 5.74) is 1.12. The number of benzene rings is 1. The minimum absolute atomic E-state index is 0.193. The van der Waals surface area contributed by atoms with E-state index in [1.807, 2.05) is 47.1 Å². The van der Waals surface area contributed by atoms with E-state index in [-0.39, 0.29) is 5.91 Å². The highest BCUT2D eigenvalue weighted by Gasteiger charge is 2.25. The van der Waals surface area contributed by atoms with E-state index in [2.05, 4.69) is 27.8 Å². The largest absolute Gasteiger partial charge is 0.339 e. The van der Waals surface area contributed by atoms with E-state index < -0.39 is 0 Å². The Morgan fingerprint density at radius 2 is 2.12 bits per heavy atom. The second-order valence-electron chi connectivity index (χ2n) is 6.52. The first-order valence-electron chi connectivity index (χ1n) is 8.53. The van der Waals surface area contributed by atoms with Crippen LogP contribution in [0.25, 0.3) is 10.9 Å². The van der Waals surface area contributed by atoms with Gasteiger partial charge in [-0.2, -0.15) is 0 Å². The molecule has 1 atom stereocenters. The van der Waals surface area contributed by atoms with Crippen LogP contribution in [0.3, 0.4) is 0 Å². The van der Waals surface area contributed by atoms with Crippen LogP contribution in [0.1, 0.15) is 24.7 Å². The van der Waals surface area contributed by atoms with Crippen molar-refractivity contribution in [2.45, 2.75) is 32.4 Å². The molecule has 1 aliphatic rings. The smallest absolute Gasteiger partial charge is 0.242 e. The molecule has 0 spiro atoms. The van der Waals surface area contributed by atoms with Gasteiger partial charge in [-0.05, 0) is 37.3 Å². The number of hydrogen-bond donors (Lipinski definition) is 0. The van der Waals surface area contributed by atoms with E-state index in [1.165, 1.54) is 5.39 Å². The first kappa shape index (κ1) is 15.0. The molecule has 0 unspecified atom stereocenters. The van der Waals surface area contributed by atoms with Crippen LogP contribution in [-0.2, 0) is 11.3 Å². The lowest BCUT2D eigenvalue weighted by Gasteiger charge is -2.34. The first-order chi connectivity index (χ1) is 11.7. The molecule has 4 rings (SSSR count). The van der Waals surface area contributed by atoms with Gasteiger partial charge in [0.1, 0.15) is 12.4 Å². The van der Waals surface area contributed by atoms with E-state index in [1.54, 1.807) is 0 Å². The van der Waals surface area contributed by atoms with Crippen LogP contribution in [0.4, 0.5) is 0 Å². The van der Waals surface area contributed by atoms with Crippen molar-refractivity contribution >= 4 is 16.8 Å². The number of piperidine rings is 1. The predicted molar refractivity (Wildman–Crippen MR) is 93.8 cm³/mol. The van der Waals surface area contributed by atoms with Gasteiger partial charge in [0.15, 0.2) is 0 Å². The standard InChI is InChI=1S/C19H22N4O/c1-15-20-9-12-23(15)17-6-4-10-22(13-17)19(24)14-21-11-8-16-5-2-3-7-18(16)21/h2-3,5,7-9,11-12,17H,4,6,10,13-14H2,1H3/t17-/m0/s1. The Labute approximate surface area is 141 Å². The van der Waals surface area contributed by atoms with Gasteiger partial charge in [-0.3, -0.25) is 4.79 Å². The number of amides is 1. The molecule has 0 aliphatic carbocycles. The average molecular weight is 322 g/mol. The van der Waals surface area contributed by atoms with Crippen molar-refractivity contribution in [1.82, 2.24) is 19.0 Å². The lowest BCUT2D eigenvalue weighted by Crippen LogP contribution is -2.42. The van der Waals surface area contributed by atoms with Crippen molar-refractivity contribution < 1.29 is 4.79 Å². The summed E-state index contributed by atoms with van der Waals surface area (Å²) in [6, 6.07) is 10.6. The molecule has 0 saturated carbocycles. The van der Waals surface area contributed by atoms with E-state index >= 15 is 0 Å². The number of para-hydroxylation sites is 1. The molecule has 0 bridgehead atoms. The molecule has 124 valence electrons. The van der Waals surface area contributed by atoms with Crippen molar-refractivity contribution in [3.8, 4) is 0 Å². The Bertz CT molecular complexity index is 863. The lowest BCUT2D eigenvalue weighted by molar-refractivity contribution is -0.133. The van der Waals surface area contributed by atoms with Crippen LogP contribution >= 0.6 is 0 Å². The lowest BCUT2D eigenvalue weighted by atomic mass is 10.1. The van der Waals surface area contributed by atoms with E-state index in [9.17, 15) is 4.79 Å². The number of carbonyl (C=O) groups excluding carboxylic acids is 1. The Hall–Kier alpha value is -2.56. The van der Waals surface area contributed by atoms with Crippen molar-refractivity contribution in [2.75, 3.05) is 13.1 Å². The molecule has 2 aromatic heterocycles. The Kier molecular flexibility index (Phi) is 3.84. The SMILES string of the molecule is Cc1nccn1[C@H]1CCCN(C(=O)Cn2ccc3ccccc32)C1. The molecular weight excluding hydrogens is 300 g/mol. The van der Waals surface area contributed by atoms with Crippen LogP contribution in [0, 0.1) is 6.92 Å². The van der Waals surface area contributed by atoms with Crippen LogP contribution < -0.4 is 0 Å². The summed E-state index contributed by atoms with van der Waals surface area (Å²) in [4.78, 5) is 19.1. The van der Waals surface area contributed by atoms with Crippen LogP contribution in [0.5, 0.6) is 0 Å². The molecule has 3 heterocycles. The first-order valence-corrected chi connectivity index (χ1v) is 8.53. The number of rotatable bonds is 3. The summed E-state index contributed by atoms with van der Waals surface area (Å²) in [6.07, 6.45) is 8.01. The second-order valence-corrected chi connectivity index (χ2v) is 6.52. The zero-order valence-electron chi connectivity index (χ0n) is 13.9. The van der Waals surface area contributed by atoms with Gasteiger partial charge >= 0.3 is 0 Å². The third-order valence-corrected chi connectivity index (χ3v) is 4.99. The number of carbonyl (C=O) groups is 1. The van der Waals surface area contributed by atoms with Gasteiger partial charge in [0.25, 0.3) is 0 Å². The molecule has 1 saturated heterocycles. The van der Waals surface area contributed by atoms with Crippen LogP contribution in [-0.4, -0.2) is 38.0 Å². The van der Waals surface area contributed by atoms with Crippen molar-refractivity contribution in [3.05, 3.63) is 54.7 Å². The second kappa shape index (κ2) is 6.15. The number of hydrogen-bond acceptors (Lipinski definition) is 2. The van der Waals surface area contributed by atoms with Crippen molar-refractivity contribution in [2.24, 2.45) is 0 Å². The molecule has 5 heteroatoms. The van der Waals surface area contributed by atoms with Gasteiger partial charge in [-0.25, -0.2) is 4.98 Å². The number of nitrogens with zero attached hydrogens (tertiary/aromatic N) is 4. The summed E-state index contributed by atoms with van der Waals surface area (Å²) < 4.78 is 4.24. The third-order valence-electron chi connectivity index (χ3n) is 4.99. The van der Waals surface area contributed by atoms with Crippen LogP contribution in [0.15, 0.2) is 48.9 Å². The summed E-state index contributed by atoms with van der Waals surface area (Å²) in [6.45, 7) is 4.05. The minimum atomic E-state index is 0.193. The van der Waals surface area contributed by atoms with Gasteiger partial charge < -0.3 is 14.0 Å². The minimum Gasteiger partial charge on any atom is -0.339 e. The fourth-order valence-corrected chi connectivity index (χ4v) is 3.71. The molecule has 0 N–H and O–H groups in total. The Balaban J connectivity index is 1.49. The predicted octanol–water partition coefficient (Wildman–Crippen LogP) is 3.01. The number of aromatic nitrogens is 3. The summed E-state index contributed by atoms with van der Waals surface area (Å²) in [5, 5.41) is 1.18. The monoisotopic (exact) mass is 322 g/mol. The molecule has 3 aromatic rings. The molecule has 1 fully saturated rings. The zero-order chi connectivity index (χ0) is 16.5. The third kappa shape index (κ3) is 2.70. The fraction of sp³-hybridized carbons (Fsp3) is 0.368. The quantitative estimate of drug-likeness (QED) is 0.744. The van der Waals surface area contributed by atoms with Gasteiger partial charge in [0, 0.05) is 37.2 Å². The number of fused-ring (bicyclic) bond motifs is 1. The molecular formula is C19H22N4O. The molecule has 1 aliphatic heterocycles. The van der Waals surface area contributed by atoms with Crippen LogP contribution in [0.2, 0.25) is 0 Å². The molecule has 24 heavy (non-hydrogen) atoms. The van der Waals surface area contributed by atoms with Gasteiger partial charge in [0.05, 0.1) is 6.04 Å². The average Bonchev–Trinajstić information content (AvgIpc) is 3.22. The maximum absolute atomic E-state index is 12.8. The number of imidazole rings is 1. The van der Waals surface area contributed by atoms with Gasteiger partial charge in [-0.1, -0.05) is 18.2 Å². The molecule has 1 amide bonds. The molecule has 1 aromatic carbocycles. The highest BCUT2D eigenvalue weighted by Crippen LogP contribution is 2.23. The Morgan fingerprint density at radius 3 is 2.96 bits per heavy atom. The number of aryl methyl sites for hydroxylation is 1. The van der Waals surface area contributed by atoms with Gasteiger partial charge in [0.2, 0.25) is 5.91 Å². The highest BCUT2D eigenvalue weighted by atomic mass is 16.2. The highest BCUT2D eigenvalue weighted by molar-refractivity contribution is 5.83. The zero-order valence-corrected chi connectivity index (χ0v) is 13.9. The topological polar surface area (TPSA) is 43.1 Å². The normalized spacial score (nSPS) is 18.2. The van der Waals surface area contributed by atoms with Crippen molar-refractivity contribution in [3.63, 3.8) is 0 Å². The van der Waals surface area contributed by atoms with E-state index in [4.69, 9.17) is 0 Å². The van der Waals surface area contributed by atoms with E-state index in [0.29, 0.717) is 12.6 Å². The summed E-state index contributed by atoms with van der Waals surface area (Å²) in [7, 11) is 0. The fourth-order valence-electron chi connectivity index (χ4n) is 3.71. The maximum Gasteiger partial charge on any atom is 0.242 e.